The zero-order valence-electron chi connectivity index (χ0n) is 14.8. The van der Waals surface area contributed by atoms with Gasteiger partial charge in [0.05, 0.1) is 24.6 Å². The van der Waals surface area contributed by atoms with Gasteiger partial charge in [-0.05, 0) is 38.0 Å². The zero-order valence-corrected chi connectivity index (χ0v) is 16.4. The Balaban J connectivity index is 1.90. The summed E-state index contributed by atoms with van der Waals surface area (Å²) < 4.78 is 19.4. The highest BCUT2D eigenvalue weighted by atomic mass is 79.9. The van der Waals surface area contributed by atoms with Crippen molar-refractivity contribution in [3.63, 3.8) is 0 Å². The monoisotopic (exact) mass is 428 g/mol. The Labute approximate surface area is 160 Å². The van der Waals surface area contributed by atoms with Gasteiger partial charge < -0.3 is 14.5 Å². The maximum Gasteiger partial charge on any atom is 0.309 e. The molecule has 0 unspecified atom stereocenters. The maximum absolute atomic E-state index is 13.8. The Morgan fingerprint density at radius 1 is 1.31 bits per heavy atom. The molecule has 0 atom stereocenters. The topological polar surface area (TPSA) is 66.9 Å². The molecule has 142 valence electrons. The molecule has 1 saturated heterocycles. The second-order valence-corrected chi connectivity index (χ2v) is 7.11. The lowest BCUT2D eigenvalue weighted by atomic mass is 9.97. The molecule has 1 aromatic rings. The standard InChI is InChI=1S/C18H22BrFN2O4/c1-3-26-18(25)12-6-8-22(9-7-12)16(23)11-21(2)17(24)14-10-13(19)4-5-15(14)20/h4-5,10,12H,3,6-9,11H2,1-2H3. The van der Waals surface area contributed by atoms with Gasteiger partial charge in [-0.1, -0.05) is 15.9 Å². The summed E-state index contributed by atoms with van der Waals surface area (Å²) in [4.78, 5) is 39.4. The Kier molecular flexibility index (Phi) is 7.14. The number of esters is 1. The van der Waals surface area contributed by atoms with Crippen LogP contribution in [0.5, 0.6) is 0 Å². The van der Waals surface area contributed by atoms with Gasteiger partial charge in [0.15, 0.2) is 0 Å². The highest BCUT2D eigenvalue weighted by molar-refractivity contribution is 9.10. The minimum Gasteiger partial charge on any atom is -0.466 e. The van der Waals surface area contributed by atoms with Crippen LogP contribution in [0.1, 0.15) is 30.1 Å². The van der Waals surface area contributed by atoms with Gasteiger partial charge in [0.2, 0.25) is 5.91 Å². The summed E-state index contributed by atoms with van der Waals surface area (Å²) in [7, 11) is 1.46. The number of likely N-dealkylation sites (tertiary alicyclic amines) is 1. The number of carbonyl (C=O) groups excluding carboxylic acids is 3. The molecule has 1 heterocycles. The van der Waals surface area contributed by atoms with E-state index in [2.05, 4.69) is 15.9 Å². The molecule has 0 radical (unpaired) electrons. The van der Waals surface area contributed by atoms with E-state index >= 15 is 0 Å². The number of hydrogen-bond donors (Lipinski definition) is 0. The van der Waals surface area contributed by atoms with Crippen LogP contribution in [0, 0.1) is 11.7 Å². The van der Waals surface area contributed by atoms with Crippen LogP contribution in [0.15, 0.2) is 22.7 Å². The van der Waals surface area contributed by atoms with Crippen molar-refractivity contribution >= 4 is 33.7 Å². The minimum absolute atomic E-state index is 0.0873. The van der Waals surface area contributed by atoms with Crippen LogP contribution < -0.4 is 0 Å². The number of piperidine rings is 1. The van der Waals surface area contributed by atoms with Crippen molar-refractivity contribution in [3.05, 3.63) is 34.1 Å². The van der Waals surface area contributed by atoms with Gasteiger partial charge in [0, 0.05) is 24.6 Å². The molecule has 2 rings (SSSR count). The largest absolute Gasteiger partial charge is 0.466 e. The fraction of sp³-hybridized carbons (Fsp3) is 0.500. The van der Waals surface area contributed by atoms with Crippen molar-refractivity contribution in [1.29, 1.82) is 0 Å². The highest BCUT2D eigenvalue weighted by Gasteiger charge is 2.29. The number of carbonyl (C=O) groups is 3. The first kappa shape index (κ1) is 20.4. The van der Waals surface area contributed by atoms with Crippen molar-refractivity contribution in [1.82, 2.24) is 9.80 Å². The fourth-order valence-electron chi connectivity index (χ4n) is 2.87. The summed E-state index contributed by atoms with van der Waals surface area (Å²) in [6, 6.07) is 4.10. The SMILES string of the molecule is CCOC(=O)C1CCN(C(=O)CN(C)C(=O)c2cc(Br)ccc2F)CC1. The zero-order chi connectivity index (χ0) is 19.3. The Morgan fingerprint density at radius 2 is 1.96 bits per heavy atom. The van der Waals surface area contributed by atoms with Crippen LogP contribution in [-0.2, 0) is 14.3 Å². The summed E-state index contributed by atoms with van der Waals surface area (Å²) in [6.45, 7) is 2.84. The number of hydrogen-bond acceptors (Lipinski definition) is 4. The Bertz CT molecular complexity index is 690. The molecule has 0 N–H and O–H groups in total. The molecule has 0 saturated carbocycles. The molecule has 1 aromatic carbocycles. The molecule has 0 aromatic heterocycles. The van der Waals surface area contributed by atoms with E-state index in [0.29, 0.717) is 37.0 Å². The molecule has 1 fully saturated rings. The van der Waals surface area contributed by atoms with E-state index in [4.69, 9.17) is 4.74 Å². The van der Waals surface area contributed by atoms with Gasteiger partial charge in [0.1, 0.15) is 5.82 Å². The first-order valence-electron chi connectivity index (χ1n) is 8.48. The summed E-state index contributed by atoms with van der Waals surface area (Å²) in [5.74, 6) is -1.82. The Morgan fingerprint density at radius 3 is 2.58 bits per heavy atom. The average molecular weight is 429 g/mol. The van der Waals surface area contributed by atoms with Crippen LogP contribution in [-0.4, -0.2) is 60.9 Å². The van der Waals surface area contributed by atoms with Crippen molar-refractivity contribution in [2.24, 2.45) is 5.92 Å². The van der Waals surface area contributed by atoms with E-state index in [-0.39, 0.29) is 29.9 Å². The molecule has 0 aliphatic carbocycles. The third-order valence-corrected chi connectivity index (χ3v) is 4.84. The molecule has 8 heteroatoms. The molecule has 1 aliphatic rings. The third-order valence-electron chi connectivity index (χ3n) is 4.35. The second kappa shape index (κ2) is 9.12. The van der Waals surface area contributed by atoms with Gasteiger partial charge in [-0.2, -0.15) is 0 Å². The molecule has 0 bridgehead atoms. The first-order valence-corrected chi connectivity index (χ1v) is 9.27. The van der Waals surface area contributed by atoms with Crippen molar-refractivity contribution < 1.29 is 23.5 Å². The number of ether oxygens (including phenoxy) is 1. The van der Waals surface area contributed by atoms with Gasteiger partial charge in [-0.25, -0.2) is 4.39 Å². The molecule has 2 amide bonds. The quantitative estimate of drug-likeness (QED) is 0.675. The predicted octanol–water partition coefficient (Wildman–Crippen LogP) is 2.46. The molecule has 26 heavy (non-hydrogen) atoms. The summed E-state index contributed by atoms with van der Waals surface area (Å²) in [6.07, 6.45) is 1.09. The smallest absolute Gasteiger partial charge is 0.309 e. The van der Waals surface area contributed by atoms with Gasteiger partial charge in [-0.15, -0.1) is 0 Å². The van der Waals surface area contributed by atoms with Crippen LogP contribution in [0.2, 0.25) is 0 Å². The van der Waals surface area contributed by atoms with E-state index in [1.807, 2.05) is 0 Å². The second-order valence-electron chi connectivity index (χ2n) is 6.19. The molecule has 6 nitrogen and oxygen atoms in total. The molecular weight excluding hydrogens is 407 g/mol. The predicted molar refractivity (Wildman–Crippen MR) is 97.0 cm³/mol. The molecular formula is C18H22BrFN2O4. The third kappa shape index (κ3) is 5.03. The average Bonchev–Trinajstić information content (AvgIpc) is 2.63. The highest BCUT2D eigenvalue weighted by Crippen LogP contribution is 2.20. The van der Waals surface area contributed by atoms with Crippen molar-refractivity contribution in [2.75, 3.05) is 33.3 Å². The Hall–Kier alpha value is -1.96. The first-order chi connectivity index (χ1) is 12.3. The van der Waals surface area contributed by atoms with Gasteiger partial charge >= 0.3 is 5.97 Å². The number of nitrogens with zero attached hydrogens (tertiary/aromatic N) is 2. The van der Waals surface area contributed by atoms with E-state index in [9.17, 15) is 18.8 Å². The lowest BCUT2D eigenvalue weighted by Crippen LogP contribution is -2.45. The number of halogens is 2. The normalized spacial score (nSPS) is 14.8. The van der Waals surface area contributed by atoms with E-state index in [1.54, 1.807) is 11.8 Å². The van der Waals surface area contributed by atoms with E-state index in [0.717, 1.165) is 0 Å². The van der Waals surface area contributed by atoms with Crippen LogP contribution in [0.4, 0.5) is 4.39 Å². The van der Waals surface area contributed by atoms with Crippen LogP contribution >= 0.6 is 15.9 Å². The molecule has 0 spiro atoms. The summed E-state index contributed by atoms with van der Waals surface area (Å²) >= 11 is 3.21. The van der Waals surface area contributed by atoms with E-state index in [1.165, 1.54) is 30.1 Å². The number of amides is 2. The van der Waals surface area contributed by atoms with E-state index < -0.39 is 11.7 Å². The van der Waals surface area contributed by atoms with Gasteiger partial charge in [-0.3, -0.25) is 14.4 Å². The van der Waals surface area contributed by atoms with Gasteiger partial charge in [0.25, 0.3) is 5.91 Å². The fourth-order valence-corrected chi connectivity index (χ4v) is 3.23. The lowest BCUT2D eigenvalue weighted by molar-refractivity contribution is -0.151. The number of benzene rings is 1. The van der Waals surface area contributed by atoms with Crippen molar-refractivity contribution in [3.8, 4) is 0 Å². The number of likely N-dealkylation sites (N-methyl/N-ethyl adjacent to an activating group) is 1. The molecule has 1 aliphatic heterocycles. The van der Waals surface area contributed by atoms with Crippen molar-refractivity contribution in [2.45, 2.75) is 19.8 Å². The van der Waals surface area contributed by atoms with Crippen LogP contribution in [0.3, 0.4) is 0 Å². The lowest BCUT2D eigenvalue weighted by Gasteiger charge is -2.32. The number of rotatable bonds is 5. The van der Waals surface area contributed by atoms with Crippen LogP contribution in [0.25, 0.3) is 0 Å². The maximum atomic E-state index is 13.8. The minimum atomic E-state index is -0.632. The summed E-state index contributed by atoms with van der Waals surface area (Å²) in [5.41, 5.74) is -0.0873. The summed E-state index contributed by atoms with van der Waals surface area (Å²) in [5, 5.41) is 0.